The summed E-state index contributed by atoms with van der Waals surface area (Å²) in [7, 11) is 0. The highest BCUT2D eigenvalue weighted by atomic mass is 14.9. The highest BCUT2D eigenvalue weighted by molar-refractivity contribution is 5.29. The van der Waals surface area contributed by atoms with Gasteiger partial charge >= 0.3 is 0 Å². The van der Waals surface area contributed by atoms with Crippen LogP contribution in [0.2, 0.25) is 0 Å². The molecule has 0 atom stereocenters. The standard InChI is InChI=1S/C19H25N/c1-4-20-19(13-17-11-7-5-9-15(17)2)14-18-12-8-6-10-16(18)3/h5-12,19-20H,4,13-14H2,1-3H3. The number of nitrogens with one attached hydrogen (secondary N) is 1. The van der Waals surface area contributed by atoms with Gasteiger partial charge in [-0.05, 0) is 55.5 Å². The second kappa shape index (κ2) is 7.25. The second-order valence-electron chi connectivity index (χ2n) is 5.52. The van der Waals surface area contributed by atoms with Crippen LogP contribution in [0.15, 0.2) is 48.5 Å². The predicted octanol–water partition coefficient (Wildman–Crippen LogP) is 4.07. The fourth-order valence-corrected chi connectivity index (χ4v) is 2.71. The molecule has 2 aromatic rings. The molecule has 0 aliphatic carbocycles. The molecule has 0 aliphatic rings. The van der Waals surface area contributed by atoms with Crippen LogP contribution < -0.4 is 5.32 Å². The summed E-state index contributed by atoms with van der Waals surface area (Å²) < 4.78 is 0. The summed E-state index contributed by atoms with van der Waals surface area (Å²) in [6, 6.07) is 17.9. The first-order chi connectivity index (χ1) is 9.70. The zero-order chi connectivity index (χ0) is 14.4. The molecule has 0 saturated heterocycles. The average Bonchev–Trinajstić information content (AvgIpc) is 2.44. The zero-order valence-electron chi connectivity index (χ0n) is 12.8. The largest absolute Gasteiger partial charge is 0.314 e. The third-order valence-corrected chi connectivity index (χ3v) is 3.95. The number of rotatable bonds is 6. The van der Waals surface area contributed by atoms with Crippen LogP contribution in [0, 0.1) is 13.8 Å². The Morgan fingerprint density at radius 1 is 0.800 bits per heavy atom. The zero-order valence-corrected chi connectivity index (χ0v) is 12.8. The van der Waals surface area contributed by atoms with Crippen molar-refractivity contribution < 1.29 is 0 Å². The molecule has 0 spiro atoms. The number of benzene rings is 2. The van der Waals surface area contributed by atoms with Crippen LogP contribution in [0.25, 0.3) is 0 Å². The maximum atomic E-state index is 3.63. The lowest BCUT2D eigenvalue weighted by Gasteiger charge is -2.20. The topological polar surface area (TPSA) is 12.0 Å². The molecule has 0 amide bonds. The molecule has 0 aromatic heterocycles. The third-order valence-electron chi connectivity index (χ3n) is 3.95. The lowest BCUT2D eigenvalue weighted by atomic mass is 9.94. The SMILES string of the molecule is CCNC(Cc1ccccc1C)Cc1ccccc1C. The summed E-state index contributed by atoms with van der Waals surface area (Å²) in [5.41, 5.74) is 5.68. The van der Waals surface area contributed by atoms with Crippen LogP contribution in [0.4, 0.5) is 0 Å². The quantitative estimate of drug-likeness (QED) is 0.832. The summed E-state index contributed by atoms with van der Waals surface area (Å²) in [5.74, 6) is 0. The smallest absolute Gasteiger partial charge is 0.0148 e. The molecule has 0 bridgehead atoms. The first-order valence-corrected chi connectivity index (χ1v) is 7.53. The van der Waals surface area contributed by atoms with Gasteiger partial charge in [-0.1, -0.05) is 55.5 Å². The fourth-order valence-electron chi connectivity index (χ4n) is 2.71. The number of likely N-dealkylation sites (N-methyl/N-ethyl adjacent to an activating group) is 1. The first-order valence-electron chi connectivity index (χ1n) is 7.53. The molecule has 0 fully saturated rings. The van der Waals surface area contributed by atoms with Crippen molar-refractivity contribution >= 4 is 0 Å². The molecule has 0 radical (unpaired) electrons. The van der Waals surface area contributed by atoms with Crippen molar-refractivity contribution in [3.05, 3.63) is 70.8 Å². The molecular weight excluding hydrogens is 242 g/mol. The van der Waals surface area contributed by atoms with Crippen LogP contribution >= 0.6 is 0 Å². The maximum Gasteiger partial charge on any atom is 0.0148 e. The van der Waals surface area contributed by atoms with Crippen LogP contribution in [-0.4, -0.2) is 12.6 Å². The van der Waals surface area contributed by atoms with E-state index in [0.29, 0.717) is 6.04 Å². The predicted molar refractivity (Wildman–Crippen MR) is 87.2 cm³/mol. The second-order valence-corrected chi connectivity index (χ2v) is 5.52. The van der Waals surface area contributed by atoms with Crippen molar-refractivity contribution in [2.45, 2.75) is 39.7 Å². The molecule has 0 aliphatic heterocycles. The molecule has 2 aromatic carbocycles. The summed E-state index contributed by atoms with van der Waals surface area (Å²) >= 11 is 0. The van der Waals surface area contributed by atoms with Gasteiger partial charge in [0.15, 0.2) is 0 Å². The van der Waals surface area contributed by atoms with Crippen LogP contribution in [0.3, 0.4) is 0 Å². The van der Waals surface area contributed by atoms with E-state index in [-0.39, 0.29) is 0 Å². The number of hydrogen-bond donors (Lipinski definition) is 1. The van der Waals surface area contributed by atoms with Crippen molar-refractivity contribution in [2.75, 3.05) is 6.54 Å². The van der Waals surface area contributed by atoms with E-state index in [1.807, 2.05) is 0 Å². The van der Waals surface area contributed by atoms with E-state index < -0.39 is 0 Å². The minimum absolute atomic E-state index is 0.502. The molecule has 1 heteroatoms. The fraction of sp³-hybridized carbons (Fsp3) is 0.368. The van der Waals surface area contributed by atoms with Crippen LogP contribution in [0.1, 0.15) is 29.2 Å². The van der Waals surface area contributed by atoms with Crippen molar-refractivity contribution in [1.29, 1.82) is 0 Å². The van der Waals surface area contributed by atoms with Crippen LogP contribution in [0.5, 0.6) is 0 Å². The Kier molecular flexibility index (Phi) is 5.37. The summed E-state index contributed by atoms with van der Waals surface area (Å²) in [5, 5.41) is 3.63. The van der Waals surface area contributed by atoms with Gasteiger partial charge in [-0.3, -0.25) is 0 Å². The Labute approximate surface area is 123 Å². The molecule has 1 nitrogen and oxygen atoms in total. The molecule has 2 rings (SSSR count). The molecule has 106 valence electrons. The Bertz CT molecular complexity index is 497. The highest BCUT2D eigenvalue weighted by Crippen LogP contribution is 2.15. The van der Waals surface area contributed by atoms with E-state index in [4.69, 9.17) is 0 Å². The molecule has 1 N–H and O–H groups in total. The maximum absolute atomic E-state index is 3.63. The lowest BCUT2D eigenvalue weighted by Crippen LogP contribution is -2.33. The minimum Gasteiger partial charge on any atom is -0.314 e. The number of aryl methyl sites for hydroxylation is 2. The van der Waals surface area contributed by atoms with Gasteiger partial charge in [0.05, 0.1) is 0 Å². The van der Waals surface area contributed by atoms with Crippen molar-refractivity contribution in [3.63, 3.8) is 0 Å². The van der Waals surface area contributed by atoms with Crippen molar-refractivity contribution in [2.24, 2.45) is 0 Å². The van der Waals surface area contributed by atoms with Gasteiger partial charge in [-0.2, -0.15) is 0 Å². The van der Waals surface area contributed by atoms with Crippen LogP contribution in [-0.2, 0) is 12.8 Å². The monoisotopic (exact) mass is 267 g/mol. The van der Waals surface area contributed by atoms with E-state index in [0.717, 1.165) is 19.4 Å². The average molecular weight is 267 g/mol. The number of hydrogen-bond acceptors (Lipinski definition) is 1. The summed E-state index contributed by atoms with van der Waals surface area (Å²) in [6.07, 6.45) is 2.18. The van der Waals surface area contributed by atoms with E-state index in [9.17, 15) is 0 Å². The van der Waals surface area contributed by atoms with Gasteiger partial charge in [-0.25, -0.2) is 0 Å². The normalized spacial score (nSPS) is 11.0. The van der Waals surface area contributed by atoms with Gasteiger partial charge in [0.2, 0.25) is 0 Å². The van der Waals surface area contributed by atoms with Gasteiger partial charge in [0.25, 0.3) is 0 Å². The van der Waals surface area contributed by atoms with Gasteiger partial charge in [0.1, 0.15) is 0 Å². The van der Waals surface area contributed by atoms with Gasteiger partial charge < -0.3 is 5.32 Å². The molecule has 0 heterocycles. The van der Waals surface area contributed by atoms with E-state index >= 15 is 0 Å². The van der Waals surface area contributed by atoms with Gasteiger partial charge in [0, 0.05) is 6.04 Å². The Morgan fingerprint density at radius 3 is 1.65 bits per heavy atom. The lowest BCUT2D eigenvalue weighted by molar-refractivity contribution is 0.519. The van der Waals surface area contributed by atoms with E-state index in [2.05, 4.69) is 74.6 Å². The first kappa shape index (κ1) is 14.8. The van der Waals surface area contributed by atoms with Gasteiger partial charge in [-0.15, -0.1) is 0 Å². The van der Waals surface area contributed by atoms with E-state index in [1.54, 1.807) is 0 Å². The third kappa shape index (κ3) is 3.94. The molecular formula is C19H25N. The summed E-state index contributed by atoms with van der Waals surface area (Å²) in [4.78, 5) is 0. The molecule has 0 unspecified atom stereocenters. The minimum atomic E-state index is 0.502. The van der Waals surface area contributed by atoms with Crippen molar-refractivity contribution in [3.8, 4) is 0 Å². The van der Waals surface area contributed by atoms with Crippen molar-refractivity contribution in [1.82, 2.24) is 5.32 Å². The Hall–Kier alpha value is -1.60. The Morgan fingerprint density at radius 2 is 1.25 bits per heavy atom. The Balaban J connectivity index is 2.12. The summed E-state index contributed by atoms with van der Waals surface area (Å²) in [6.45, 7) is 7.60. The van der Waals surface area contributed by atoms with E-state index in [1.165, 1.54) is 22.3 Å². The highest BCUT2D eigenvalue weighted by Gasteiger charge is 2.11. The molecule has 0 saturated carbocycles. The molecule has 20 heavy (non-hydrogen) atoms.